The van der Waals surface area contributed by atoms with Crippen molar-refractivity contribution in [3.05, 3.63) is 12.2 Å². The van der Waals surface area contributed by atoms with Crippen molar-refractivity contribution in [2.24, 2.45) is 23.2 Å². The van der Waals surface area contributed by atoms with E-state index in [0.29, 0.717) is 11.3 Å². The van der Waals surface area contributed by atoms with E-state index in [1.807, 2.05) is 0 Å². The zero-order valence-electron chi connectivity index (χ0n) is 13.2. The van der Waals surface area contributed by atoms with Crippen LogP contribution in [-0.2, 0) is 4.79 Å². The van der Waals surface area contributed by atoms with Crippen LogP contribution in [0.25, 0.3) is 0 Å². The Kier molecular flexibility index (Phi) is 3.59. The van der Waals surface area contributed by atoms with Gasteiger partial charge in [-0.2, -0.15) is 0 Å². The summed E-state index contributed by atoms with van der Waals surface area (Å²) >= 11 is 0. The van der Waals surface area contributed by atoms with Gasteiger partial charge in [0, 0.05) is 19.5 Å². The molecule has 116 valence electrons. The fraction of sp³-hybridized carbons (Fsp3) is 0.842. The molecule has 2 nitrogen and oxygen atoms in total. The van der Waals surface area contributed by atoms with Gasteiger partial charge < -0.3 is 4.90 Å². The number of nitrogens with zero attached hydrogens (tertiary/aromatic N) is 1. The molecule has 3 fully saturated rings. The maximum absolute atomic E-state index is 12.8. The first-order valence-corrected chi connectivity index (χ1v) is 9.17. The molecule has 0 aromatic heterocycles. The molecule has 0 unspecified atom stereocenters. The lowest BCUT2D eigenvalue weighted by Crippen LogP contribution is -2.47. The van der Waals surface area contributed by atoms with Crippen LogP contribution in [0.3, 0.4) is 0 Å². The number of rotatable bonds is 2. The number of hydrogen-bond acceptors (Lipinski definition) is 1. The number of allylic oxidation sites excluding steroid dienone is 2. The van der Waals surface area contributed by atoms with Gasteiger partial charge in [0.2, 0.25) is 5.91 Å². The third-order valence-electron chi connectivity index (χ3n) is 6.89. The zero-order valence-corrected chi connectivity index (χ0v) is 13.2. The fourth-order valence-corrected chi connectivity index (χ4v) is 5.71. The molecule has 4 atom stereocenters. The topological polar surface area (TPSA) is 20.3 Å². The second-order valence-electron chi connectivity index (χ2n) is 8.27. The summed E-state index contributed by atoms with van der Waals surface area (Å²) in [5.41, 5.74) is 0.428. The van der Waals surface area contributed by atoms with Gasteiger partial charge in [0.05, 0.1) is 0 Å². The molecule has 3 aliphatic carbocycles. The van der Waals surface area contributed by atoms with Gasteiger partial charge >= 0.3 is 0 Å². The van der Waals surface area contributed by atoms with Crippen LogP contribution in [0.4, 0.5) is 0 Å². The largest absolute Gasteiger partial charge is 0.342 e. The highest BCUT2D eigenvalue weighted by atomic mass is 16.2. The molecule has 1 aliphatic heterocycles. The summed E-state index contributed by atoms with van der Waals surface area (Å²) in [6.45, 7) is 2.06. The van der Waals surface area contributed by atoms with Crippen molar-refractivity contribution in [3.63, 3.8) is 0 Å². The van der Waals surface area contributed by atoms with Crippen molar-refractivity contribution in [2.45, 2.75) is 64.2 Å². The molecule has 21 heavy (non-hydrogen) atoms. The highest BCUT2D eigenvalue weighted by Crippen LogP contribution is 2.50. The van der Waals surface area contributed by atoms with Gasteiger partial charge in [-0.25, -0.2) is 0 Å². The van der Waals surface area contributed by atoms with Crippen LogP contribution in [0.2, 0.25) is 0 Å². The SMILES string of the molecule is O=C(C[C@@H]1C[C@H]2CC[C@H]1C2)N1CCC[C@]2(CC=CCC2)C1. The summed E-state index contributed by atoms with van der Waals surface area (Å²) in [5.74, 6) is 3.04. The van der Waals surface area contributed by atoms with Crippen molar-refractivity contribution in [2.75, 3.05) is 13.1 Å². The molecule has 4 rings (SSSR count). The van der Waals surface area contributed by atoms with Gasteiger partial charge in [-0.15, -0.1) is 0 Å². The zero-order chi connectivity index (χ0) is 14.3. The normalized spacial score (nSPS) is 41.9. The summed E-state index contributed by atoms with van der Waals surface area (Å²) in [4.78, 5) is 15.0. The first kappa shape index (κ1) is 13.8. The van der Waals surface area contributed by atoms with Gasteiger partial charge in [0.15, 0.2) is 0 Å². The minimum absolute atomic E-state index is 0.428. The smallest absolute Gasteiger partial charge is 0.222 e. The Morgan fingerprint density at radius 1 is 1.19 bits per heavy atom. The van der Waals surface area contributed by atoms with Gasteiger partial charge in [-0.3, -0.25) is 4.79 Å². The second kappa shape index (κ2) is 5.44. The Morgan fingerprint density at radius 2 is 2.14 bits per heavy atom. The highest BCUT2D eigenvalue weighted by molar-refractivity contribution is 5.76. The molecule has 4 aliphatic rings. The minimum Gasteiger partial charge on any atom is -0.342 e. The number of amides is 1. The molecule has 0 aromatic rings. The van der Waals surface area contributed by atoms with Crippen molar-refractivity contribution in [1.29, 1.82) is 0 Å². The third kappa shape index (κ3) is 2.66. The molecule has 2 bridgehead atoms. The average Bonchev–Trinajstić information content (AvgIpc) is 3.11. The maximum Gasteiger partial charge on any atom is 0.222 e. The van der Waals surface area contributed by atoms with Gasteiger partial charge in [0.25, 0.3) is 0 Å². The summed E-state index contributed by atoms with van der Waals surface area (Å²) in [5, 5.41) is 0. The van der Waals surface area contributed by atoms with Crippen LogP contribution in [0.5, 0.6) is 0 Å². The van der Waals surface area contributed by atoms with Gasteiger partial charge in [-0.1, -0.05) is 18.6 Å². The Hall–Kier alpha value is -0.790. The van der Waals surface area contributed by atoms with E-state index in [1.54, 1.807) is 0 Å². The van der Waals surface area contributed by atoms with Crippen LogP contribution in [-0.4, -0.2) is 23.9 Å². The van der Waals surface area contributed by atoms with Crippen molar-refractivity contribution in [3.8, 4) is 0 Å². The van der Waals surface area contributed by atoms with Crippen molar-refractivity contribution >= 4 is 5.91 Å². The van der Waals surface area contributed by atoms with E-state index in [4.69, 9.17) is 0 Å². The molecular formula is C19H29NO. The molecule has 1 amide bonds. The van der Waals surface area contributed by atoms with Gasteiger partial charge in [-0.05, 0) is 74.5 Å². The molecule has 2 saturated carbocycles. The number of likely N-dealkylation sites (tertiary alicyclic amines) is 1. The first-order valence-electron chi connectivity index (χ1n) is 9.17. The average molecular weight is 287 g/mol. The molecule has 1 heterocycles. The van der Waals surface area contributed by atoms with Crippen molar-refractivity contribution < 1.29 is 4.79 Å². The molecule has 1 spiro atoms. The second-order valence-corrected chi connectivity index (χ2v) is 8.27. The Morgan fingerprint density at radius 3 is 2.86 bits per heavy atom. The Labute approximate surface area is 129 Å². The molecule has 0 aromatic carbocycles. The van der Waals surface area contributed by atoms with E-state index < -0.39 is 0 Å². The third-order valence-corrected chi connectivity index (χ3v) is 6.89. The monoisotopic (exact) mass is 287 g/mol. The van der Waals surface area contributed by atoms with E-state index in [1.165, 1.54) is 57.8 Å². The van der Waals surface area contributed by atoms with Crippen LogP contribution in [0.1, 0.15) is 64.2 Å². The highest BCUT2D eigenvalue weighted by Gasteiger charge is 2.42. The van der Waals surface area contributed by atoms with Crippen molar-refractivity contribution in [1.82, 2.24) is 4.90 Å². The number of piperidine rings is 1. The molecule has 0 N–H and O–H groups in total. The lowest BCUT2D eigenvalue weighted by molar-refractivity contribution is -0.136. The summed E-state index contributed by atoms with van der Waals surface area (Å²) in [6, 6.07) is 0. The lowest BCUT2D eigenvalue weighted by atomic mass is 9.71. The van der Waals surface area contributed by atoms with E-state index in [2.05, 4.69) is 17.1 Å². The van der Waals surface area contributed by atoms with E-state index in [9.17, 15) is 4.79 Å². The van der Waals surface area contributed by atoms with Crippen LogP contribution >= 0.6 is 0 Å². The van der Waals surface area contributed by atoms with E-state index in [-0.39, 0.29) is 0 Å². The lowest BCUT2D eigenvalue weighted by Gasteiger charge is -2.44. The maximum atomic E-state index is 12.8. The first-order chi connectivity index (χ1) is 10.2. The van der Waals surface area contributed by atoms with Gasteiger partial charge in [0.1, 0.15) is 0 Å². The standard InChI is InChI=1S/C19H29NO/c21-18(13-17-12-15-5-6-16(17)11-15)20-10-4-9-19(14-20)7-2-1-3-8-19/h1-2,15-17H,3-14H2/t15-,16-,17-,19+/m0/s1. The fourth-order valence-electron chi connectivity index (χ4n) is 5.71. The predicted octanol–water partition coefficient (Wildman–Crippen LogP) is 4.16. The Balaban J connectivity index is 1.37. The van der Waals surface area contributed by atoms with E-state index in [0.717, 1.165) is 37.3 Å². The number of carbonyl (C=O) groups is 1. The number of carbonyl (C=O) groups excluding carboxylic acids is 1. The summed E-state index contributed by atoms with van der Waals surface area (Å²) in [6.07, 6.45) is 17.4. The molecule has 0 radical (unpaired) electrons. The van der Waals surface area contributed by atoms with Crippen LogP contribution in [0, 0.1) is 23.2 Å². The van der Waals surface area contributed by atoms with E-state index >= 15 is 0 Å². The quantitative estimate of drug-likeness (QED) is 0.698. The van der Waals surface area contributed by atoms with Crippen LogP contribution < -0.4 is 0 Å². The molecule has 2 heteroatoms. The Bertz CT molecular complexity index is 443. The predicted molar refractivity (Wildman–Crippen MR) is 84.8 cm³/mol. The van der Waals surface area contributed by atoms with Crippen LogP contribution in [0.15, 0.2) is 12.2 Å². The number of fused-ring (bicyclic) bond motifs is 2. The summed E-state index contributed by atoms with van der Waals surface area (Å²) in [7, 11) is 0. The summed E-state index contributed by atoms with van der Waals surface area (Å²) < 4.78 is 0. The number of hydrogen-bond donors (Lipinski definition) is 0. The minimum atomic E-state index is 0.428. The molecule has 1 saturated heterocycles. The molecular weight excluding hydrogens is 258 g/mol.